The van der Waals surface area contributed by atoms with Crippen LogP contribution in [0.1, 0.15) is 38.7 Å². The summed E-state index contributed by atoms with van der Waals surface area (Å²) in [5.74, 6) is -3.00. The molecule has 0 amide bonds. The van der Waals surface area contributed by atoms with Crippen LogP contribution in [0.25, 0.3) is 0 Å². The Hall–Kier alpha value is -1.46. The monoisotopic (exact) mass is 334 g/mol. The highest BCUT2D eigenvalue weighted by molar-refractivity contribution is 7.98. The highest BCUT2D eigenvalue weighted by Gasteiger charge is 2.53. The molecular weight excluding hydrogens is 312 g/mol. The van der Waals surface area contributed by atoms with E-state index >= 15 is 0 Å². The SMILES string of the molecule is CSc1ccc([C@@H]2[C@@H](C(C)=O)C(=O)C[C@@](C)(O)[C@@H]2C(C)=O)cc1. The van der Waals surface area contributed by atoms with E-state index in [0.717, 1.165) is 10.5 Å². The van der Waals surface area contributed by atoms with Crippen molar-refractivity contribution in [3.8, 4) is 0 Å². The number of hydrogen-bond donors (Lipinski definition) is 1. The maximum atomic E-state index is 12.4. The fourth-order valence-electron chi connectivity index (χ4n) is 3.73. The number of ketones is 3. The maximum absolute atomic E-state index is 12.4. The second-order valence-corrected chi connectivity index (χ2v) is 7.36. The van der Waals surface area contributed by atoms with Crippen LogP contribution in [0.5, 0.6) is 0 Å². The van der Waals surface area contributed by atoms with Crippen LogP contribution in [0.3, 0.4) is 0 Å². The lowest BCUT2D eigenvalue weighted by Gasteiger charge is -2.44. The quantitative estimate of drug-likeness (QED) is 0.677. The summed E-state index contributed by atoms with van der Waals surface area (Å²) in [6.07, 6.45) is 1.79. The number of Topliss-reactive ketones (excluding diaryl/α,β-unsaturated/α-hetero) is 3. The van der Waals surface area contributed by atoms with Gasteiger partial charge in [-0.2, -0.15) is 0 Å². The molecule has 23 heavy (non-hydrogen) atoms. The lowest BCUT2D eigenvalue weighted by molar-refractivity contribution is -0.151. The van der Waals surface area contributed by atoms with Crippen molar-refractivity contribution in [3.05, 3.63) is 29.8 Å². The van der Waals surface area contributed by atoms with Crippen LogP contribution in [0.2, 0.25) is 0 Å². The number of thioether (sulfide) groups is 1. The molecule has 2 rings (SSSR count). The summed E-state index contributed by atoms with van der Waals surface area (Å²) in [7, 11) is 0. The van der Waals surface area contributed by atoms with E-state index in [4.69, 9.17) is 0 Å². The Labute approximate surface area is 140 Å². The van der Waals surface area contributed by atoms with Gasteiger partial charge in [-0.05, 0) is 44.7 Å². The summed E-state index contributed by atoms with van der Waals surface area (Å²) in [6.45, 7) is 4.30. The van der Waals surface area contributed by atoms with Gasteiger partial charge < -0.3 is 5.11 Å². The van der Waals surface area contributed by atoms with E-state index in [-0.39, 0.29) is 23.8 Å². The molecule has 1 saturated carbocycles. The van der Waals surface area contributed by atoms with Gasteiger partial charge in [-0.25, -0.2) is 0 Å². The van der Waals surface area contributed by atoms with Gasteiger partial charge in [-0.3, -0.25) is 14.4 Å². The molecule has 1 aromatic carbocycles. The number of carbonyl (C=O) groups excluding carboxylic acids is 3. The minimum atomic E-state index is -1.43. The molecule has 1 aromatic rings. The first-order chi connectivity index (χ1) is 10.7. The molecule has 0 aliphatic heterocycles. The Morgan fingerprint density at radius 2 is 1.74 bits per heavy atom. The smallest absolute Gasteiger partial charge is 0.146 e. The van der Waals surface area contributed by atoms with Gasteiger partial charge in [0.15, 0.2) is 0 Å². The van der Waals surface area contributed by atoms with Crippen LogP contribution >= 0.6 is 11.8 Å². The summed E-state index contributed by atoms with van der Waals surface area (Å²) in [6, 6.07) is 7.50. The predicted octanol–water partition coefficient (Wildman–Crippen LogP) is 2.63. The Kier molecular flexibility index (Phi) is 5.11. The highest BCUT2D eigenvalue weighted by atomic mass is 32.2. The lowest BCUT2D eigenvalue weighted by Crippen LogP contribution is -2.53. The zero-order valence-corrected chi connectivity index (χ0v) is 14.6. The van der Waals surface area contributed by atoms with Gasteiger partial charge in [-0.1, -0.05) is 12.1 Å². The van der Waals surface area contributed by atoms with Crippen LogP contribution in [0, 0.1) is 11.8 Å². The van der Waals surface area contributed by atoms with Gasteiger partial charge in [0.25, 0.3) is 0 Å². The van der Waals surface area contributed by atoms with Crippen molar-refractivity contribution in [2.24, 2.45) is 11.8 Å². The van der Waals surface area contributed by atoms with Crippen molar-refractivity contribution in [3.63, 3.8) is 0 Å². The summed E-state index contributed by atoms with van der Waals surface area (Å²) in [4.78, 5) is 37.8. The Bertz CT molecular complexity index is 633. The highest BCUT2D eigenvalue weighted by Crippen LogP contribution is 2.46. The number of benzene rings is 1. The van der Waals surface area contributed by atoms with Crippen LogP contribution in [-0.4, -0.2) is 34.3 Å². The Morgan fingerprint density at radius 1 is 1.17 bits per heavy atom. The third-order valence-electron chi connectivity index (χ3n) is 4.64. The number of hydrogen-bond acceptors (Lipinski definition) is 5. The topological polar surface area (TPSA) is 71.4 Å². The van der Waals surface area contributed by atoms with E-state index in [9.17, 15) is 19.5 Å². The van der Waals surface area contributed by atoms with E-state index in [1.54, 1.807) is 11.8 Å². The van der Waals surface area contributed by atoms with E-state index in [1.807, 2.05) is 30.5 Å². The molecule has 1 aliphatic carbocycles. The summed E-state index contributed by atoms with van der Waals surface area (Å²) in [5, 5.41) is 10.7. The second-order valence-electron chi connectivity index (χ2n) is 6.48. The average Bonchev–Trinajstić information content (AvgIpc) is 2.44. The molecule has 1 N–H and O–H groups in total. The molecule has 0 bridgehead atoms. The first kappa shape index (κ1) is 17.9. The lowest BCUT2D eigenvalue weighted by atomic mass is 9.60. The summed E-state index contributed by atoms with van der Waals surface area (Å²) in [5.41, 5.74) is -0.686. The standard InChI is InChI=1S/C18H22O4S/c1-10(19)15-14(21)9-18(3,22)17(11(2)20)16(15)12-5-7-13(23-4)8-6-12/h5-8,15-17,22H,9H2,1-4H3/t15-,16+,17+,18+/m0/s1. The third-order valence-corrected chi connectivity index (χ3v) is 5.39. The van der Waals surface area contributed by atoms with Crippen molar-refractivity contribution in [2.75, 3.05) is 6.26 Å². The molecule has 1 fully saturated rings. The Morgan fingerprint density at radius 3 is 2.17 bits per heavy atom. The van der Waals surface area contributed by atoms with Crippen molar-refractivity contribution in [2.45, 2.75) is 43.6 Å². The van der Waals surface area contributed by atoms with E-state index < -0.39 is 23.4 Å². The van der Waals surface area contributed by atoms with Crippen LogP contribution in [0.4, 0.5) is 0 Å². The van der Waals surface area contributed by atoms with Gasteiger partial charge in [0, 0.05) is 17.2 Å². The van der Waals surface area contributed by atoms with Crippen LogP contribution in [0.15, 0.2) is 29.2 Å². The molecule has 4 atom stereocenters. The first-order valence-electron chi connectivity index (χ1n) is 7.59. The fourth-order valence-corrected chi connectivity index (χ4v) is 4.14. The van der Waals surface area contributed by atoms with E-state index in [0.29, 0.717) is 0 Å². The fraction of sp³-hybridized carbons (Fsp3) is 0.500. The van der Waals surface area contributed by atoms with Crippen LogP contribution in [-0.2, 0) is 14.4 Å². The van der Waals surface area contributed by atoms with Gasteiger partial charge in [-0.15, -0.1) is 11.8 Å². The molecule has 0 radical (unpaired) electrons. The number of carbonyl (C=O) groups is 3. The van der Waals surface area contributed by atoms with Crippen molar-refractivity contribution in [1.82, 2.24) is 0 Å². The molecule has 1 aliphatic rings. The molecule has 124 valence electrons. The van der Waals surface area contributed by atoms with Crippen LogP contribution < -0.4 is 0 Å². The van der Waals surface area contributed by atoms with Crippen molar-refractivity contribution < 1.29 is 19.5 Å². The van der Waals surface area contributed by atoms with Gasteiger partial charge in [0.05, 0.1) is 17.4 Å². The number of aliphatic hydroxyl groups is 1. The molecule has 0 aromatic heterocycles. The van der Waals surface area contributed by atoms with Gasteiger partial charge in [0.1, 0.15) is 17.3 Å². The Balaban J connectivity index is 2.58. The number of rotatable bonds is 4. The minimum Gasteiger partial charge on any atom is -0.389 e. The molecular formula is C18H22O4S. The minimum absolute atomic E-state index is 0.166. The normalized spacial score (nSPS) is 31.0. The zero-order chi connectivity index (χ0) is 17.4. The zero-order valence-electron chi connectivity index (χ0n) is 13.8. The first-order valence-corrected chi connectivity index (χ1v) is 8.81. The molecule has 5 heteroatoms. The summed E-state index contributed by atoms with van der Waals surface area (Å²) < 4.78 is 0. The molecule has 0 unspecified atom stereocenters. The van der Waals surface area contributed by atoms with Crippen molar-refractivity contribution in [1.29, 1.82) is 0 Å². The van der Waals surface area contributed by atoms with Crippen molar-refractivity contribution >= 4 is 29.1 Å². The second kappa shape index (κ2) is 6.57. The van der Waals surface area contributed by atoms with E-state index in [2.05, 4.69) is 0 Å². The molecule has 0 spiro atoms. The van der Waals surface area contributed by atoms with E-state index in [1.165, 1.54) is 20.8 Å². The average molecular weight is 334 g/mol. The third kappa shape index (κ3) is 3.40. The summed E-state index contributed by atoms with van der Waals surface area (Å²) >= 11 is 1.59. The maximum Gasteiger partial charge on any atom is 0.146 e. The predicted molar refractivity (Wildman–Crippen MR) is 89.6 cm³/mol. The largest absolute Gasteiger partial charge is 0.389 e. The molecule has 0 heterocycles. The molecule has 4 nitrogen and oxygen atoms in total. The molecule has 0 saturated heterocycles. The van der Waals surface area contributed by atoms with Gasteiger partial charge in [0.2, 0.25) is 0 Å². The van der Waals surface area contributed by atoms with Gasteiger partial charge >= 0.3 is 0 Å².